The third kappa shape index (κ3) is 1.59. The highest BCUT2D eigenvalue weighted by molar-refractivity contribution is 5.55. The van der Waals surface area contributed by atoms with Gasteiger partial charge in [-0.1, -0.05) is 31.7 Å². The van der Waals surface area contributed by atoms with Gasteiger partial charge in [0.2, 0.25) is 0 Å². The lowest BCUT2D eigenvalue weighted by Crippen LogP contribution is -2.04. The molecule has 0 aromatic heterocycles. The van der Waals surface area contributed by atoms with Crippen LogP contribution in [0.2, 0.25) is 0 Å². The first-order valence-electron chi connectivity index (χ1n) is 4.81. The molecule has 1 heterocycles. The van der Waals surface area contributed by atoms with Crippen LogP contribution in [0.5, 0.6) is 0 Å². The van der Waals surface area contributed by atoms with E-state index in [0.717, 1.165) is 12.1 Å². The highest BCUT2D eigenvalue weighted by atomic mass is 14.9. The van der Waals surface area contributed by atoms with Crippen molar-refractivity contribution in [3.63, 3.8) is 0 Å². The van der Waals surface area contributed by atoms with Crippen LogP contribution < -0.4 is 5.32 Å². The highest BCUT2D eigenvalue weighted by Gasteiger charge is 2.13. The molecule has 1 heteroatoms. The van der Waals surface area contributed by atoms with Gasteiger partial charge in [0.05, 0.1) is 0 Å². The molecule has 0 bridgehead atoms. The standard InChI is InChI=1S/C12H15N/c1-9-7-8-11-5-3-4-6-12(11)13-10(9)2/h3-6,9,13H,2,7-8H2,1H3. The van der Waals surface area contributed by atoms with Gasteiger partial charge in [0.25, 0.3) is 0 Å². The number of allylic oxidation sites excluding steroid dienone is 1. The number of fused-ring (bicyclic) bond motifs is 1. The summed E-state index contributed by atoms with van der Waals surface area (Å²) >= 11 is 0. The van der Waals surface area contributed by atoms with E-state index in [9.17, 15) is 0 Å². The van der Waals surface area contributed by atoms with Crippen LogP contribution in [-0.4, -0.2) is 0 Å². The van der Waals surface area contributed by atoms with E-state index in [1.165, 1.54) is 17.7 Å². The minimum absolute atomic E-state index is 0.576. The van der Waals surface area contributed by atoms with Gasteiger partial charge in [-0.05, 0) is 30.4 Å². The van der Waals surface area contributed by atoms with Gasteiger partial charge in [-0.15, -0.1) is 0 Å². The molecule has 0 saturated heterocycles. The van der Waals surface area contributed by atoms with Gasteiger partial charge in [-0.3, -0.25) is 0 Å². The lowest BCUT2D eigenvalue weighted by Gasteiger charge is -2.11. The predicted octanol–water partition coefficient (Wildman–Crippen LogP) is 3.19. The molecule has 1 N–H and O–H groups in total. The Labute approximate surface area is 79.5 Å². The van der Waals surface area contributed by atoms with Crippen molar-refractivity contribution in [3.8, 4) is 0 Å². The van der Waals surface area contributed by atoms with Gasteiger partial charge < -0.3 is 5.32 Å². The minimum atomic E-state index is 0.576. The van der Waals surface area contributed by atoms with Crippen molar-refractivity contribution in [2.45, 2.75) is 19.8 Å². The summed E-state index contributed by atoms with van der Waals surface area (Å²) in [5, 5.41) is 3.38. The van der Waals surface area contributed by atoms with Gasteiger partial charge in [0.15, 0.2) is 0 Å². The Morgan fingerprint density at radius 3 is 3.00 bits per heavy atom. The molecule has 13 heavy (non-hydrogen) atoms. The van der Waals surface area contributed by atoms with Crippen molar-refractivity contribution in [1.82, 2.24) is 0 Å². The number of aryl methyl sites for hydroxylation is 1. The lowest BCUT2D eigenvalue weighted by atomic mass is 10.0. The van der Waals surface area contributed by atoms with E-state index in [2.05, 4.69) is 43.1 Å². The Hall–Kier alpha value is -1.24. The molecule has 1 aromatic rings. The number of hydrogen-bond acceptors (Lipinski definition) is 1. The average molecular weight is 173 g/mol. The molecule has 0 amide bonds. The summed E-state index contributed by atoms with van der Waals surface area (Å²) in [5.74, 6) is 0.576. The second-order valence-corrected chi connectivity index (χ2v) is 3.75. The summed E-state index contributed by atoms with van der Waals surface area (Å²) in [6, 6.07) is 8.47. The second kappa shape index (κ2) is 3.25. The van der Waals surface area contributed by atoms with Gasteiger partial charge >= 0.3 is 0 Å². The number of hydrogen-bond donors (Lipinski definition) is 1. The zero-order valence-electron chi connectivity index (χ0n) is 8.01. The zero-order chi connectivity index (χ0) is 9.26. The van der Waals surface area contributed by atoms with Gasteiger partial charge in [0, 0.05) is 11.4 Å². The van der Waals surface area contributed by atoms with Crippen LogP contribution in [0.4, 0.5) is 5.69 Å². The fourth-order valence-corrected chi connectivity index (χ4v) is 1.70. The number of nitrogens with one attached hydrogen (secondary N) is 1. The van der Waals surface area contributed by atoms with E-state index in [4.69, 9.17) is 0 Å². The summed E-state index contributed by atoms with van der Waals surface area (Å²) in [6.45, 7) is 6.27. The fourth-order valence-electron chi connectivity index (χ4n) is 1.70. The van der Waals surface area contributed by atoms with Crippen molar-refractivity contribution in [1.29, 1.82) is 0 Å². The molecule has 1 aliphatic heterocycles. The molecule has 68 valence electrons. The van der Waals surface area contributed by atoms with E-state index in [1.54, 1.807) is 0 Å². The largest absolute Gasteiger partial charge is 0.359 e. The first-order chi connectivity index (χ1) is 6.27. The van der Waals surface area contributed by atoms with E-state index in [1.807, 2.05) is 0 Å². The molecule has 0 saturated carbocycles. The molecule has 0 fully saturated rings. The first kappa shape index (κ1) is 8.36. The summed E-state index contributed by atoms with van der Waals surface area (Å²) < 4.78 is 0. The van der Waals surface area contributed by atoms with Crippen LogP contribution in [0.15, 0.2) is 36.5 Å². The van der Waals surface area contributed by atoms with E-state index >= 15 is 0 Å². The fraction of sp³-hybridized carbons (Fsp3) is 0.333. The van der Waals surface area contributed by atoms with Crippen LogP contribution in [-0.2, 0) is 6.42 Å². The van der Waals surface area contributed by atoms with Crippen molar-refractivity contribution in [3.05, 3.63) is 42.1 Å². The molecule has 0 aliphatic carbocycles. The van der Waals surface area contributed by atoms with Crippen molar-refractivity contribution in [2.24, 2.45) is 5.92 Å². The zero-order valence-corrected chi connectivity index (χ0v) is 8.01. The Morgan fingerprint density at radius 1 is 1.38 bits per heavy atom. The molecule has 1 aromatic carbocycles. The predicted molar refractivity (Wildman–Crippen MR) is 56.7 cm³/mol. The molecule has 1 unspecified atom stereocenters. The molecule has 1 aliphatic rings. The summed E-state index contributed by atoms with van der Waals surface area (Å²) in [5.41, 5.74) is 3.79. The summed E-state index contributed by atoms with van der Waals surface area (Å²) in [7, 11) is 0. The topological polar surface area (TPSA) is 12.0 Å². The van der Waals surface area contributed by atoms with Crippen LogP contribution in [0.3, 0.4) is 0 Å². The molecule has 0 radical (unpaired) electrons. The normalized spacial score (nSPS) is 21.6. The number of rotatable bonds is 0. The van der Waals surface area contributed by atoms with Crippen LogP contribution in [0, 0.1) is 5.92 Å². The highest BCUT2D eigenvalue weighted by Crippen LogP contribution is 2.27. The minimum Gasteiger partial charge on any atom is -0.359 e. The van der Waals surface area contributed by atoms with Gasteiger partial charge in [-0.2, -0.15) is 0 Å². The smallest absolute Gasteiger partial charge is 0.0414 e. The Kier molecular flexibility index (Phi) is 2.09. The number of benzene rings is 1. The summed E-state index contributed by atoms with van der Waals surface area (Å²) in [4.78, 5) is 0. The quantitative estimate of drug-likeness (QED) is 0.635. The third-order valence-electron chi connectivity index (χ3n) is 2.75. The van der Waals surface area contributed by atoms with Gasteiger partial charge in [-0.25, -0.2) is 0 Å². The maximum absolute atomic E-state index is 4.04. The average Bonchev–Trinajstić information content (AvgIpc) is 2.28. The third-order valence-corrected chi connectivity index (χ3v) is 2.75. The van der Waals surface area contributed by atoms with Crippen molar-refractivity contribution >= 4 is 5.69 Å². The SMILES string of the molecule is C=C1Nc2ccccc2CCC1C. The first-order valence-corrected chi connectivity index (χ1v) is 4.81. The van der Waals surface area contributed by atoms with Crippen LogP contribution >= 0.6 is 0 Å². The van der Waals surface area contributed by atoms with E-state index in [0.29, 0.717) is 5.92 Å². The maximum Gasteiger partial charge on any atom is 0.0414 e. The maximum atomic E-state index is 4.04. The van der Waals surface area contributed by atoms with Crippen LogP contribution in [0.1, 0.15) is 18.9 Å². The monoisotopic (exact) mass is 173 g/mol. The lowest BCUT2D eigenvalue weighted by molar-refractivity contribution is 0.629. The molecular formula is C12H15N. The molecule has 2 rings (SSSR count). The molecular weight excluding hydrogens is 158 g/mol. The molecule has 0 spiro atoms. The van der Waals surface area contributed by atoms with Crippen molar-refractivity contribution < 1.29 is 0 Å². The summed E-state index contributed by atoms with van der Waals surface area (Å²) in [6.07, 6.45) is 2.35. The van der Waals surface area contributed by atoms with Gasteiger partial charge in [0.1, 0.15) is 0 Å². The second-order valence-electron chi connectivity index (χ2n) is 3.75. The molecule has 1 nitrogen and oxygen atoms in total. The van der Waals surface area contributed by atoms with E-state index < -0.39 is 0 Å². The van der Waals surface area contributed by atoms with E-state index in [-0.39, 0.29) is 0 Å². The van der Waals surface area contributed by atoms with Crippen molar-refractivity contribution in [2.75, 3.05) is 5.32 Å². The molecule has 1 atom stereocenters. The number of para-hydroxylation sites is 1. The van der Waals surface area contributed by atoms with Crippen LogP contribution in [0.25, 0.3) is 0 Å². The Bertz CT molecular complexity index is 328. The Balaban J connectivity index is 2.35. The Morgan fingerprint density at radius 2 is 2.15 bits per heavy atom. The number of anilines is 1.